The molecule has 0 unspecified atom stereocenters. The van der Waals surface area contributed by atoms with Gasteiger partial charge in [0.15, 0.2) is 16.1 Å². The smallest absolute Gasteiger partial charge is 0.253 e. The van der Waals surface area contributed by atoms with Gasteiger partial charge < -0.3 is 15.2 Å². The molecule has 2 aromatic carbocycles. The van der Waals surface area contributed by atoms with E-state index >= 15 is 0 Å². The van der Waals surface area contributed by atoms with Crippen LogP contribution in [0.15, 0.2) is 53.7 Å². The minimum Gasteiger partial charge on any atom is -0.342 e. The number of thiazole rings is 1. The zero-order valence-corrected chi connectivity index (χ0v) is 21.2. The van der Waals surface area contributed by atoms with Crippen LogP contribution in [0.3, 0.4) is 0 Å². The Morgan fingerprint density at radius 3 is 2.59 bits per heavy atom. The van der Waals surface area contributed by atoms with Crippen LogP contribution in [0.2, 0.25) is 5.02 Å². The van der Waals surface area contributed by atoms with Gasteiger partial charge in [0.2, 0.25) is 5.91 Å². The molecule has 0 radical (unpaired) electrons. The summed E-state index contributed by atoms with van der Waals surface area (Å²) in [5.41, 5.74) is 1.25. The third-order valence-corrected chi connectivity index (χ3v) is 7.39. The Hall–Kier alpha value is -2.95. The van der Waals surface area contributed by atoms with Crippen molar-refractivity contribution in [2.24, 2.45) is 13.0 Å². The molecule has 0 bridgehead atoms. The minimum atomic E-state index is -0.382. The Balaban J connectivity index is 1.41. The van der Waals surface area contributed by atoms with Gasteiger partial charge in [-0.3, -0.25) is 9.59 Å². The summed E-state index contributed by atoms with van der Waals surface area (Å²) in [7, 11) is 1.82. The predicted molar refractivity (Wildman–Crippen MR) is 136 cm³/mol. The second-order valence-corrected chi connectivity index (χ2v) is 10.3. The number of carbonyl (C=O) groups is 2. The molecule has 0 aliphatic carbocycles. The van der Waals surface area contributed by atoms with Crippen molar-refractivity contribution in [1.82, 2.24) is 25.1 Å². The molecule has 2 amide bonds. The Labute approximate surface area is 210 Å². The number of carbonyl (C=O) groups excluding carboxylic acids is 2. The SMILES string of the molecule is CC(C)[C@@H](NC(=O)c1ccccc1Cl)c1nnc(SCC(=O)Nc2nc3ccccc3s2)n1C. The van der Waals surface area contributed by atoms with Crippen LogP contribution in [-0.2, 0) is 11.8 Å². The van der Waals surface area contributed by atoms with Crippen LogP contribution in [0.4, 0.5) is 5.13 Å². The van der Waals surface area contributed by atoms with E-state index in [0.29, 0.717) is 26.7 Å². The van der Waals surface area contributed by atoms with Crippen molar-refractivity contribution >= 4 is 61.9 Å². The topological polar surface area (TPSA) is 102 Å². The standard InChI is InChI=1S/C23H23ClN6O2S2/c1-13(2)19(27-21(32)14-8-4-5-9-15(14)24)20-28-29-23(30(20)3)33-12-18(31)26-22-25-16-10-6-7-11-17(16)34-22/h4-11,13,19H,12H2,1-3H3,(H,27,32)(H,25,26,31)/t19-/m1/s1. The fourth-order valence-corrected chi connectivity index (χ4v) is 5.15. The number of amides is 2. The van der Waals surface area contributed by atoms with Crippen molar-refractivity contribution < 1.29 is 9.59 Å². The average molecular weight is 515 g/mol. The van der Waals surface area contributed by atoms with Crippen LogP contribution in [0, 0.1) is 5.92 Å². The van der Waals surface area contributed by atoms with Gasteiger partial charge >= 0.3 is 0 Å². The lowest BCUT2D eigenvalue weighted by Crippen LogP contribution is -2.33. The van der Waals surface area contributed by atoms with Crippen molar-refractivity contribution in [3.8, 4) is 0 Å². The first-order chi connectivity index (χ1) is 16.3. The lowest BCUT2D eigenvalue weighted by Gasteiger charge is -2.22. The Morgan fingerprint density at radius 1 is 1.12 bits per heavy atom. The summed E-state index contributed by atoms with van der Waals surface area (Å²) < 4.78 is 2.81. The van der Waals surface area contributed by atoms with Gasteiger partial charge in [-0.25, -0.2) is 4.98 Å². The molecule has 0 aliphatic heterocycles. The third-order valence-electron chi connectivity index (χ3n) is 5.09. The Kier molecular flexibility index (Phi) is 7.50. The number of anilines is 1. The second kappa shape index (κ2) is 10.5. The molecule has 176 valence electrons. The maximum absolute atomic E-state index is 12.8. The molecule has 4 aromatic rings. The van der Waals surface area contributed by atoms with Crippen molar-refractivity contribution in [3.63, 3.8) is 0 Å². The fourth-order valence-electron chi connectivity index (χ4n) is 3.33. The van der Waals surface area contributed by atoms with Crippen LogP contribution in [-0.4, -0.2) is 37.3 Å². The maximum atomic E-state index is 12.8. The first kappa shape index (κ1) is 24.2. The molecule has 0 saturated carbocycles. The van der Waals surface area contributed by atoms with Gasteiger partial charge in [-0.1, -0.05) is 72.8 Å². The lowest BCUT2D eigenvalue weighted by atomic mass is 10.0. The highest BCUT2D eigenvalue weighted by molar-refractivity contribution is 7.99. The van der Waals surface area contributed by atoms with Gasteiger partial charge in [0.1, 0.15) is 0 Å². The minimum absolute atomic E-state index is 0.0505. The molecule has 11 heteroatoms. The first-order valence-electron chi connectivity index (χ1n) is 10.6. The molecule has 0 saturated heterocycles. The summed E-state index contributed by atoms with van der Waals surface area (Å²) in [6.07, 6.45) is 0. The normalized spacial score (nSPS) is 12.1. The average Bonchev–Trinajstić information content (AvgIpc) is 3.38. The largest absolute Gasteiger partial charge is 0.342 e. The summed E-state index contributed by atoms with van der Waals surface area (Å²) in [5, 5.41) is 15.9. The number of benzene rings is 2. The van der Waals surface area contributed by atoms with E-state index in [1.807, 2.05) is 45.2 Å². The summed E-state index contributed by atoms with van der Waals surface area (Å²) in [6, 6.07) is 14.2. The molecule has 8 nitrogen and oxygen atoms in total. The van der Waals surface area contributed by atoms with Crippen molar-refractivity contribution in [3.05, 3.63) is 64.9 Å². The first-order valence-corrected chi connectivity index (χ1v) is 12.7. The van der Waals surface area contributed by atoms with E-state index in [1.54, 1.807) is 28.8 Å². The highest BCUT2D eigenvalue weighted by Crippen LogP contribution is 2.27. The van der Waals surface area contributed by atoms with Crippen LogP contribution in [0.25, 0.3) is 10.2 Å². The summed E-state index contributed by atoms with van der Waals surface area (Å²) in [5.74, 6) is 0.344. The summed E-state index contributed by atoms with van der Waals surface area (Å²) >= 11 is 8.88. The quantitative estimate of drug-likeness (QED) is 0.323. The monoisotopic (exact) mass is 514 g/mol. The molecular weight excluding hydrogens is 492 g/mol. The highest BCUT2D eigenvalue weighted by Gasteiger charge is 2.26. The van der Waals surface area contributed by atoms with E-state index in [4.69, 9.17) is 11.6 Å². The summed E-state index contributed by atoms with van der Waals surface area (Å²) in [6.45, 7) is 3.98. The van der Waals surface area contributed by atoms with Crippen molar-refractivity contribution in [2.45, 2.75) is 25.0 Å². The van der Waals surface area contributed by atoms with Crippen LogP contribution in [0.1, 0.15) is 36.1 Å². The summed E-state index contributed by atoms with van der Waals surface area (Å²) in [4.78, 5) is 29.7. The lowest BCUT2D eigenvalue weighted by molar-refractivity contribution is -0.113. The predicted octanol–water partition coefficient (Wildman–Crippen LogP) is 4.94. The maximum Gasteiger partial charge on any atom is 0.253 e. The molecule has 0 spiro atoms. The molecule has 0 fully saturated rings. The van der Waals surface area contributed by atoms with Gasteiger partial charge in [-0.05, 0) is 30.2 Å². The molecule has 34 heavy (non-hydrogen) atoms. The second-order valence-electron chi connectivity index (χ2n) is 7.90. The van der Waals surface area contributed by atoms with Crippen molar-refractivity contribution in [2.75, 3.05) is 11.1 Å². The fraction of sp³-hybridized carbons (Fsp3) is 0.261. The molecule has 2 aromatic heterocycles. The molecular formula is C23H23ClN6O2S2. The van der Waals surface area contributed by atoms with Crippen LogP contribution in [0.5, 0.6) is 0 Å². The molecule has 0 aliphatic rings. The van der Waals surface area contributed by atoms with E-state index in [1.165, 1.54) is 23.1 Å². The van der Waals surface area contributed by atoms with Gasteiger partial charge in [0, 0.05) is 7.05 Å². The number of rotatable bonds is 8. The van der Waals surface area contributed by atoms with Crippen LogP contribution >= 0.6 is 34.7 Å². The van der Waals surface area contributed by atoms with E-state index in [-0.39, 0.29) is 29.5 Å². The van der Waals surface area contributed by atoms with E-state index in [0.717, 1.165) is 10.2 Å². The zero-order chi connectivity index (χ0) is 24.2. The van der Waals surface area contributed by atoms with E-state index in [2.05, 4.69) is 25.8 Å². The number of thioether (sulfide) groups is 1. The number of halogens is 1. The number of hydrogen-bond donors (Lipinski definition) is 2. The molecule has 4 rings (SSSR count). The van der Waals surface area contributed by atoms with Gasteiger partial charge in [0.05, 0.1) is 32.6 Å². The zero-order valence-electron chi connectivity index (χ0n) is 18.8. The van der Waals surface area contributed by atoms with Gasteiger partial charge in [0.25, 0.3) is 5.91 Å². The Morgan fingerprint density at radius 2 is 1.85 bits per heavy atom. The number of fused-ring (bicyclic) bond motifs is 1. The highest BCUT2D eigenvalue weighted by atomic mass is 35.5. The molecule has 1 atom stereocenters. The van der Waals surface area contributed by atoms with Crippen molar-refractivity contribution in [1.29, 1.82) is 0 Å². The van der Waals surface area contributed by atoms with Gasteiger partial charge in [-0.15, -0.1) is 10.2 Å². The number of nitrogens with zero attached hydrogens (tertiary/aromatic N) is 4. The number of hydrogen-bond acceptors (Lipinski definition) is 7. The number of para-hydroxylation sites is 1. The van der Waals surface area contributed by atoms with Crippen LogP contribution < -0.4 is 10.6 Å². The molecule has 2 heterocycles. The Bertz CT molecular complexity index is 1300. The van der Waals surface area contributed by atoms with E-state index < -0.39 is 0 Å². The molecule has 2 N–H and O–H groups in total. The third kappa shape index (κ3) is 5.40. The number of nitrogens with one attached hydrogen (secondary N) is 2. The van der Waals surface area contributed by atoms with E-state index in [9.17, 15) is 9.59 Å². The van der Waals surface area contributed by atoms with Gasteiger partial charge in [-0.2, -0.15) is 0 Å². The number of aromatic nitrogens is 4.